The van der Waals surface area contributed by atoms with Crippen molar-refractivity contribution < 1.29 is 13.2 Å². The lowest BCUT2D eigenvalue weighted by atomic mass is 10.1. The van der Waals surface area contributed by atoms with Gasteiger partial charge in [0.05, 0.1) is 6.61 Å². The fourth-order valence-electron chi connectivity index (χ4n) is 2.14. The fourth-order valence-corrected chi connectivity index (χ4v) is 4.32. The van der Waals surface area contributed by atoms with Crippen LogP contribution in [0.4, 0.5) is 0 Å². The number of nitrogens with zero attached hydrogens (tertiary/aromatic N) is 1. The molecule has 0 aliphatic carbocycles. The normalized spacial score (nSPS) is 13.0. The molecule has 25 heavy (non-hydrogen) atoms. The number of sulfonamides is 1. The van der Waals surface area contributed by atoms with E-state index in [1.165, 1.54) is 12.3 Å². The Morgan fingerprint density at radius 1 is 1.32 bits per heavy atom. The summed E-state index contributed by atoms with van der Waals surface area (Å²) in [6.07, 6.45) is 1.26. The number of hydrogen-bond donors (Lipinski definition) is 1. The minimum Gasteiger partial charge on any atom is -0.384 e. The van der Waals surface area contributed by atoms with E-state index in [-0.39, 0.29) is 10.9 Å². The molecule has 1 atom stereocenters. The van der Waals surface area contributed by atoms with Gasteiger partial charge in [0.1, 0.15) is 10.0 Å². The Bertz CT molecular complexity index is 811. The predicted octanol–water partition coefficient (Wildman–Crippen LogP) is 3.82. The molecule has 5 nitrogen and oxygen atoms in total. The number of benzene rings is 1. The molecular formula is C17H21ClN2O3S2. The number of ether oxygens (including phenoxy) is 1. The molecule has 0 radical (unpaired) electrons. The molecule has 0 saturated heterocycles. The zero-order valence-corrected chi connectivity index (χ0v) is 16.7. The number of aromatic nitrogens is 1. The van der Waals surface area contributed by atoms with Gasteiger partial charge >= 0.3 is 0 Å². The molecule has 0 aliphatic heterocycles. The van der Waals surface area contributed by atoms with E-state index < -0.39 is 10.0 Å². The summed E-state index contributed by atoms with van der Waals surface area (Å²) in [7, 11) is -1.99. The van der Waals surface area contributed by atoms with Crippen molar-refractivity contribution in [2.75, 3.05) is 19.5 Å². The van der Waals surface area contributed by atoms with E-state index in [1.807, 2.05) is 24.3 Å². The van der Waals surface area contributed by atoms with E-state index in [4.69, 9.17) is 16.3 Å². The van der Waals surface area contributed by atoms with Gasteiger partial charge in [-0.15, -0.1) is 11.8 Å². The number of halogens is 1. The van der Waals surface area contributed by atoms with Crippen LogP contribution < -0.4 is 4.72 Å². The molecule has 1 heterocycles. The van der Waals surface area contributed by atoms with Crippen LogP contribution in [0.5, 0.6) is 0 Å². The third-order valence-corrected chi connectivity index (χ3v) is 6.45. The van der Waals surface area contributed by atoms with Gasteiger partial charge in [0.25, 0.3) is 0 Å². The molecule has 2 aromatic rings. The maximum atomic E-state index is 12.5. The summed E-state index contributed by atoms with van der Waals surface area (Å²) in [6.45, 7) is 4.22. The molecule has 8 heteroatoms. The van der Waals surface area contributed by atoms with Crippen molar-refractivity contribution in [3.05, 3.63) is 52.8 Å². The first-order chi connectivity index (χ1) is 11.8. The highest BCUT2D eigenvalue weighted by Crippen LogP contribution is 2.23. The van der Waals surface area contributed by atoms with Crippen LogP contribution in [0.1, 0.15) is 24.1 Å². The number of thioether (sulfide) groups is 1. The average Bonchev–Trinajstić information content (AvgIpc) is 2.57. The Balaban J connectivity index is 2.07. The zero-order valence-electron chi connectivity index (χ0n) is 14.3. The maximum Gasteiger partial charge on any atom is 0.242 e. The second-order valence-electron chi connectivity index (χ2n) is 5.53. The van der Waals surface area contributed by atoms with Gasteiger partial charge < -0.3 is 4.74 Å². The zero-order chi connectivity index (χ0) is 18.4. The molecule has 1 unspecified atom stereocenters. The second kappa shape index (κ2) is 9.00. The maximum absolute atomic E-state index is 12.5. The highest BCUT2D eigenvalue weighted by molar-refractivity contribution is 7.99. The topological polar surface area (TPSA) is 68.3 Å². The Labute approximate surface area is 158 Å². The molecule has 0 spiro atoms. The summed E-state index contributed by atoms with van der Waals surface area (Å²) in [5, 5.41) is 0.300. The highest BCUT2D eigenvalue weighted by atomic mass is 35.5. The highest BCUT2D eigenvalue weighted by Gasteiger charge is 2.19. The summed E-state index contributed by atoms with van der Waals surface area (Å²) in [5.74, 6) is 0.876. The van der Waals surface area contributed by atoms with E-state index in [2.05, 4.69) is 9.71 Å². The number of rotatable bonds is 8. The van der Waals surface area contributed by atoms with Crippen molar-refractivity contribution in [3.63, 3.8) is 0 Å². The van der Waals surface area contributed by atoms with E-state index in [0.29, 0.717) is 17.3 Å². The lowest BCUT2D eigenvalue weighted by Gasteiger charge is -2.15. The molecule has 2 rings (SSSR count). The van der Waals surface area contributed by atoms with Crippen molar-refractivity contribution in [3.8, 4) is 0 Å². The largest absolute Gasteiger partial charge is 0.384 e. The monoisotopic (exact) mass is 400 g/mol. The van der Waals surface area contributed by atoms with Crippen LogP contribution in [-0.2, 0) is 14.8 Å². The molecule has 0 bridgehead atoms. The summed E-state index contributed by atoms with van der Waals surface area (Å²) >= 11 is 7.55. The predicted molar refractivity (Wildman–Crippen MR) is 102 cm³/mol. The van der Waals surface area contributed by atoms with Gasteiger partial charge in [0.2, 0.25) is 10.0 Å². The molecule has 1 aromatic heterocycles. The van der Waals surface area contributed by atoms with Gasteiger partial charge in [0, 0.05) is 30.0 Å². The third kappa shape index (κ3) is 5.69. The van der Waals surface area contributed by atoms with Crippen molar-refractivity contribution in [2.45, 2.75) is 29.7 Å². The van der Waals surface area contributed by atoms with Crippen LogP contribution in [-0.4, -0.2) is 32.9 Å². The minimum absolute atomic E-state index is 0.105. The SMILES string of the molecule is COCCSc1ccc(C(C)NS(=O)(=O)c2cnc(Cl)c(C)c2)cc1. The Hall–Kier alpha value is -1.12. The second-order valence-corrected chi connectivity index (χ2v) is 8.77. The van der Waals surface area contributed by atoms with Crippen LogP contribution in [0.25, 0.3) is 0 Å². The van der Waals surface area contributed by atoms with Gasteiger partial charge in [-0.3, -0.25) is 0 Å². The Morgan fingerprint density at radius 3 is 2.60 bits per heavy atom. The number of aryl methyl sites for hydroxylation is 1. The smallest absolute Gasteiger partial charge is 0.242 e. The van der Waals surface area contributed by atoms with E-state index in [0.717, 1.165) is 16.2 Å². The van der Waals surface area contributed by atoms with Gasteiger partial charge in [-0.25, -0.2) is 18.1 Å². The van der Waals surface area contributed by atoms with Crippen molar-refractivity contribution in [2.24, 2.45) is 0 Å². The average molecular weight is 401 g/mol. The van der Waals surface area contributed by atoms with Crippen LogP contribution in [0, 0.1) is 6.92 Å². The lowest BCUT2D eigenvalue weighted by molar-refractivity contribution is 0.218. The van der Waals surface area contributed by atoms with Crippen LogP contribution in [0.2, 0.25) is 5.15 Å². The Kier molecular flexibility index (Phi) is 7.27. The first-order valence-electron chi connectivity index (χ1n) is 7.69. The van der Waals surface area contributed by atoms with Gasteiger partial charge in [-0.05, 0) is 43.2 Å². The van der Waals surface area contributed by atoms with Crippen molar-refractivity contribution >= 4 is 33.4 Å². The molecular weight excluding hydrogens is 380 g/mol. The standard InChI is InChI=1S/C17H21ClN2O3S2/c1-12-10-16(11-19-17(12)18)25(21,22)20-13(2)14-4-6-15(7-5-14)24-9-8-23-3/h4-7,10-11,13,20H,8-9H2,1-3H3. The molecule has 0 amide bonds. The fraction of sp³-hybridized carbons (Fsp3) is 0.353. The molecule has 1 aromatic carbocycles. The van der Waals surface area contributed by atoms with Gasteiger partial charge in [-0.2, -0.15) is 0 Å². The molecule has 136 valence electrons. The number of hydrogen-bond acceptors (Lipinski definition) is 5. The summed E-state index contributed by atoms with van der Waals surface area (Å²) in [5.41, 5.74) is 1.51. The van der Waals surface area contributed by atoms with Crippen LogP contribution >= 0.6 is 23.4 Å². The third-order valence-electron chi connectivity index (χ3n) is 3.57. The van der Waals surface area contributed by atoms with Gasteiger partial charge in [-0.1, -0.05) is 23.7 Å². The van der Waals surface area contributed by atoms with Crippen LogP contribution in [0.15, 0.2) is 46.3 Å². The molecule has 1 N–H and O–H groups in total. The number of nitrogens with one attached hydrogen (secondary N) is 1. The molecule has 0 aliphatic rings. The number of pyridine rings is 1. The quantitative estimate of drug-likeness (QED) is 0.414. The van der Waals surface area contributed by atoms with E-state index in [9.17, 15) is 8.42 Å². The van der Waals surface area contributed by atoms with E-state index >= 15 is 0 Å². The van der Waals surface area contributed by atoms with Crippen LogP contribution in [0.3, 0.4) is 0 Å². The molecule has 0 fully saturated rings. The lowest BCUT2D eigenvalue weighted by Crippen LogP contribution is -2.27. The number of methoxy groups -OCH3 is 1. The van der Waals surface area contributed by atoms with Crippen molar-refractivity contribution in [1.29, 1.82) is 0 Å². The minimum atomic E-state index is -3.67. The molecule has 0 saturated carbocycles. The van der Waals surface area contributed by atoms with E-state index in [1.54, 1.807) is 32.7 Å². The first-order valence-corrected chi connectivity index (χ1v) is 10.5. The Morgan fingerprint density at radius 2 is 2.00 bits per heavy atom. The van der Waals surface area contributed by atoms with Crippen molar-refractivity contribution in [1.82, 2.24) is 9.71 Å². The summed E-state index contributed by atoms with van der Waals surface area (Å²) in [6, 6.07) is 8.96. The summed E-state index contributed by atoms with van der Waals surface area (Å²) in [4.78, 5) is 5.13. The summed E-state index contributed by atoms with van der Waals surface area (Å²) < 4.78 is 32.7. The first kappa shape index (κ1) is 20.2. The van der Waals surface area contributed by atoms with Gasteiger partial charge in [0.15, 0.2) is 0 Å².